The van der Waals surface area contributed by atoms with Gasteiger partial charge in [0.15, 0.2) is 0 Å². The average molecular weight is 344 g/mol. The fourth-order valence-corrected chi connectivity index (χ4v) is 3.76. The van der Waals surface area contributed by atoms with Crippen molar-refractivity contribution in [1.29, 1.82) is 0 Å². The lowest BCUT2D eigenvalue weighted by molar-refractivity contribution is -0.135. The third kappa shape index (κ3) is 3.62. The van der Waals surface area contributed by atoms with Gasteiger partial charge in [-0.25, -0.2) is 0 Å². The monoisotopic (exact) mass is 343 g/mol. The van der Waals surface area contributed by atoms with Gasteiger partial charge in [-0.15, -0.1) is 23.7 Å². The molecule has 0 aromatic carbocycles. The van der Waals surface area contributed by atoms with Gasteiger partial charge in [-0.3, -0.25) is 9.59 Å². The number of nitrogens with one attached hydrogen (secondary N) is 1. The van der Waals surface area contributed by atoms with Gasteiger partial charge in [-0.2, -0.15) is 0 Å². The fourth-order valence-electron chi connectivity index (χ4n) is 3.09. The number of halogens is 1. The number of rotatable bonds is 2. The maximum atomic E-state index is 12.7. The molecule has 1 atom stereocenters. The number of carbonyl (C=O) groups is 2. The first-order valence-electron chi connectivity index (χ1n) is 7.61. The quantitative estimate of drug-likeness (QED) is 0.887. The molecule has 0 aliphatic carbocycles. The molecule has 2 aliphatic rings. The third-order valence-corrected chi connectivity index (χ3v) is 5.04. The molecule has 1 aromatic heterocycles. The number of hydrogen-bond donors (Lipinski definition) is 1. The number of thiophene rings is 1. The Morgan fingerprint density at radius 3 is 2.82 bits per heavy atom. The second-order valence-electron chi connectivity index (χ2n) is 5.56. The standard InChI is InChI=1S/C15H21N3O2S.ClH/c19-14(17-8-3-6-16-7-10-17)12-4-1-9-18(12)15(20)13-5-2-11-21-13;/h2,5,11-12,16H,1,3-4,6-10H2;1H. The zero-order valence-electron chi connectivity index (χ0n) is 12.5. The van der Waals surface area contributed by atoms with Crippen LogP contribution in [-0.2, 0) is 4.79 Å². The number of carbonyl (C=O) groups excluding carboxylic acids is 2. The number of hydrogen-bond acceptors (Lipinski definition) is 4. The van der Waals surface area contributed by atoms with Crippen LogP contribution in [0.2, 0.25) is 0 Å². The van der Waals surface area contributed by atoms with Gasteiger partial charge >= 0.3 is 0 Å². The topological polar surface area (TPSA) is 52.7 Å². The molecule has 7 heteroatoms. The number of amides is 2. The number of likely N-dealkylation sites (tertiary alicyclic amines) is 1. The van der Waals surface area contributed by atoms with Crippen molar-refractivity contribution in [2.45, 2.75) is 25.3 Å². The molecule has 0 bridgehead atoms. The van der Waals surface area contributed by atoms with E-state index in [-0.39, 0.29) is 30.3 Å². The predicted molar refractivity (Wildman–Crippen MR) is 89.7 cm³/mol. The van der Waals surface area contributed by atoms with E-state index in [9.17, 15) is 9.59 Å². The van der Waals surface area contributed by atoms with E-state index in [0.29, 0.717) is 6.54 Å². The summed E-state index contributed by atoms with van der Waals surface area (Å²) in [4.78, 5) is 29.7. The summed E-state index contributed by atoms with van der Waals surface area (Å²) in [5.74, 6) is 0.134. The lowest BCUT2D eigenvalue weighted by atomic mass is 10.2. The second kappa shape index (κ2) is 7.94. The molecule has 22 heavy (non-hydrogen) atoms. The zero-order valence-corrected chi connectivity index (χ0v) is 14.1. The van der Waals surface area contributed by atoms with Crippen LogP contribution in [0.25, 0.3) is 0 Å². The van der Waals surface area contributed by atoms with Gasteiger partial charge in [0.1, 0.15) is 6.04 Å². The SMILES string of the molecule is Cl.O=C(C1CCCN1C(=O)c1cccs1)N1CCCNCC1. The Kier molecular flexibility index (Phi) is 6.23. The van der Waals surface area contributed by atoms with Crippen LogP contribution in [0.4, 0.5) is 0 Å². The van der Waals surface area contributed by atoms with Gasteiger partial charge in [0.05, 0.1) is 4.88 Å². The van der Waals surface area contributed by atoms with E-state index in [1.807, 2.05) is 22.4 Å². The van der Waals surface area contributed by atoms with Crippen molar-refractivity contribution >= 4 is 35.6 Å². The van der Waals surface area contributed by atoms with Crippen molar-refractivity contribution in [2.24, 2.45) is 0 Å². The van der Waals surface area contributed by atoms with E-state index in [1.54, 1.807) is 4.90 Å². The highest BCUT2D eigenvalue weighted by atomic mass is 35.5. The molecule has 2 aliphatic heterocycles. The van der Waals surface area contributed by atoms with Crippen molar-refractivity contribution < 1.29 is 9.59 Å². The van der Waals surface area contributed by atoms with Crippen molar-refractivity contribution in [3.63, 3.8) is 0 Å². The normalized spacial score (nSPS) is 22.1. The average Bonchev–Trinajstić information content (AvgIpc) is 3.12. The van der Waals surface area contributed by atoms with E-state index in [4.69, 9.17) is 0 Å². The van der Waals surface area contributed by atoms with E-state index in [1.165, 1.54) is 11.3 Å². The van der Waals surface area contributed by atoms with Gasteiger partial charge in [-0.05, 0) is 37.3 Å². The molecule has 0 saturated carbocycles. The Hall–Kier alpha value is -1.11. The van der Waals surface area contributed by atoms with E-state index in [0.717, 1.165) is 50.3 Å². The molecule has 1 N–H and O–H groups in total. The molecule has 5 nitrogen and oxygen atoms in total. The molecule has 0 radical (unpaired) electrons. The van der Waals surface area contributed by atoms with Gasteiger partial charge in [0.25, 0.3) is 5.91 Å². The first-order chi connectivity index (χ1) is 10.3. The Morgan fingerprint density at radius 2 is 2.05 bits per heavy atom. The summed E-state index contributed by atoms with van der Waals surface area (Å²) in [6.45, 7) is 4.04. The molecule has 1 aromatic rings. The zero-order chi connectivity index (χ0) is 14.7. The third-order valence-electron chi connectivity index (χ3n) is 4.18. The van der Waals surface area contributed by atoms with Gasteiger partial charge in [-0.1, -0.05) is 6.07 Å². The largest absolute Gasteiger partial charge is 0.340 e. The van der Waals surface area contributed by atoms with Crippen LogP contribution in [-0.4, -0.2) is 60.4 Å². The molecule has 3 heterocycles. The van der Waals surface area contributed by atoms with Crippen LogP contribution in [0.1, 0.15) is 28.9 Å². The lowest BCUT2D eigenvalue weighted by Crippen LogP contribution is -2.48. The molecule has 3 rings (SSSR count). The van der Waals surface area contributed by atoms with Crippen molar-refractivity contribution in [2.75, 3.05) is 32.7 Å². The predicted octanol–water partition coefficient (Wildman–Crippen LogP) is 1.60. The fraction of sp³-hybridized carbons (Fsp3) is 0.600. The van der Waals surface area contributed by atoms with Gasteiger partial charge in [0, 0.05) is 26.2 Å². The Bertz CT molecular complexity index is 501. The maximum absolute atomic E-state index is 12.7. The maximum Gasteiger partial charge on any atom is 0.264 e. The summed E-state index contributed by atoms with van der Waals surface area (Å²) >= 11 is 1.44. The van der Waals surface area contributed by atoms with Gasteiger partial charge < -0.3 is 15.1 Å². The molecule has 2 saturated heterocycles. The summed E-state index contributed by atoms with van der Waals surface area (Å²) in [6.07, 6.45) is 2.69. The van der Waals surface area contributed by atoms with Crippen molar-refractivity contribution in [1.82, 2.24) is 15.1 Å². The van der Waals surface area contributed by atoms with E-state index in [2.05, 4.69) is 5.32 Å². The van der Waals surface area contributed by atoms with Crippen LogP contribution in [0.5, 0.6) is 0 Å². The van der Waals surface area contributed by atoms with Crippen LogP contribution in [0, 0.1) is 0 Å². The first kappa shape index (κ1) is 17.2. The van der Waals surface area contributed by atoms with Gasteiger partial charge in [0.2, 0.25) is 5.91 Å². The summed E-state index contributed by atoms with van der Waals surface area (Å²) in [7, 11) is 0. The number of nitrogens with zero attached hydrogens (tertiary/aromatic N) is 2. The van der Waals surface area contributed by atoms with Crippen LogP contribution in [0.15, 0.2) is 17.5 Å². The van der Waals surface area contributed by atoms with Crippen molar-refractivity contribution in [3.05, 3.63) is 22.4 Å². The second-order valence-corrected chi connectivity index (χ2v) is 6.51. The minimum absolute atomic E-state index is 0. The smallest absolute Gasteiger partial charge is 0.264 e. The van der Waals surface area contributed by atoms with Crippen LogP contribution in [0.3, 0.4) is 0 Å². The minimum Gasteiger partial charge on any atom is -0.340 e. The Labute approximate surface area is 141 Å². The molecular weight excluding hydrogens is 322 g/mol. The molecule has 2 fully saturated rings. The highest BCUT2D eigenvalue weighted by molar-refractivity contribution is 7.12. The molecule has 2 amide bonds. The van der Waals surface area contributed by atoms with E-state index >= 15 is 0 Å². The van der Waals surface area contributed by atoms with Crippen LogP contribution < -0.4 is 5.32 Å². The molecule has 122 valence electrons. The lowest BCUT2D eigenvalue weighted by Gasteiger charge is -2.29. The molecular formula is C15H22ClN3O2S. The van der Waals surface area contributed by atoms with Crippen LogP contribution >= 0.6 is 23.7 Å². The minimum atomic E-state index is -0.266. The highest BCUT2D eigenvalue weighted by Gasteiger charge is 2.37. The van der Waals surface area contributed by atoms with Crippen molar-refractivity contribution in [3.8, 4) is 0 Å². The summed E-state index contributed by atoms with van der Waals surface area (Å²) in [5.41, 5.74) is 0. The summed E-state index contributed by atoms with van der Waals surface area (Å²) < 4.78 is 0. The Morgan fingerprint density at radius 1 is 1.18 bits per heavy atom. The molecule has 1 unspecified atom stereocenters. The molecule has 0 spiro atoms. The highest BCUT2D eigenvalue weighted by Crippen LogP contribution is 2.23. The Balaban J connectivity index is 0.00000176. The summed E-state index contributed by atoms with van der Waals surface area (Å²) in [5, 5.41) is 5.21. The first-order valence-corrected chi connectivity index (χ1v) is 8.49. The summed E-state index contributed by atoms with van der Waals surface area (Å²) in [6, 6.07) is 3.45. The van der Waals surface area contributed by atoms with E-state index < -0.39 is 0 Å².